The van der Waals surface area contributed by atoms with Crippen molar-refractivity contribution in [3.05, 3.63) is 29.3 Å². The highest BCUT2D eigenvalue weighted by Crippen LogP contribution is 2.20. The van der Waals surface area contributed by atoms with Crippen LogP contribution in [0.2, 0.25) is 0 Å². The molecule has 0 unspecified atom stereocenters. The second-order valence-corrected chi connectivity index (χ2v) is 5.27. The number of piperidine rings is 1. The van der Waals surface area contributed by atoms with Crippen molar-refractivity contribution in [1.82, 2.24) is 4.90 Å². The molecule has 3 nitrogen and oxygen atoms in total. The third-order valence-corrected chi connectivity index (χ3v) is 3.89. The number of benzene rings is 1. The fraction of sp³-hybridized carbons (Fsp3) is 0.562. The normalized spacial score (nSPS) is 15.7. The molecular formula is C16H24ClNO2. The lowest BCUT2D eigenvalue weighted by Crippen LogP contribution is -2.31. The van der Waals surface area contributed by atoms with Gasteiger partial charge in [0.1, 0.15) is 5.75 Å². The van der Waals surface area contributed by atoms with E-state index in [1.807, 2.05) is 13.0 Å². The van der Waals surface area contributed by atoms with E-state index in [1.54, 1.807) is 12.1 Å². The molecule has 0 bridgehead atoms. The average molecular weight is 298 g/mol. The molecule has 1 aromatic rings. The highest BCUT2D eigenvalue weighted by atomic mass is 35.5. The fourth-order valence-electron chi connectivity index (χ4n) is 2.63. The highest BCUT2D eigenvalue weighted by molar-refractivity contribution is 5.96. The molecule has 1 heterocycles. The molecule has 1 fully saturated rings. The van der Waals surface area contributed by atoms with E-state index in [4.69, 9.17) is 0 Å². The smallest absolute Gasteiger partial charge is 0.164 e. The number of aryl methyl sites for hydroxylation is 1. The summed E-state index contributed by atoms with van der Waals surface area (Å²) >= 11 is 0. The van der Waals surface area contributed by atoms with E-state index in [0.29, 0.717) is 6.42 Å². The van der Waals surface area contributed by atoms with Gasteiger partial charge in [-0.05, 0) is 56.1 Å². The Morgan fingerprint density at radius 1 is 1.25 bits per heavy atom. The van der Waals surface area contributed by atoms with E-state index < -0.39 is 0 Å². The van der Waals surface area contributed by atoms with Crippen LogP contribution in [0.25, 0.3) is 0 Å². The van der Waals surface area contributed by atoms with Gasteiger partial charge in [0.05, 0.1) is 0 Å². The number of rotatable bonds is 5. The molecule has 1 aromatic carbocycles. The van der Waals surface area contributed by atoms with E-state index in [-0.39, 0.29) is 23.9 Å². The maximum absolute atomic E-state index is 12.2. The molecule has 0 radical (unpaired) electrons. The van der Waals surface area contributed by atoms with Crippen LogP contribution in [0.4, 0.5) is 0 Å². The van der Waals surface area contributed by atoms with E-state index in [9.17, 15) is 9.90 Å². The van der Waals surface area contributed by atoms with Gasteiger partial charge in [-0.2, -0.15) is 0 Å². The van der Waals surface area contributed by atoms with E-state index in [1.165, 1.54) is 19.3 Å². The first-order chi connectivity index (χ1) is 9.20. The van der Waals surface area contributed by atoms with Crippen LogP contribution < -0.4 is 0 Å². The summed E-state index contributed by atoms with van der Waals surface area (Å²) in [7, 11) is 0. The Balaban J connectivity index is 0.00000200. The summed E-state index contributed by atoms with van der Waals surface area (Å²) in [5.41, 5.74) is 1.58. The number of nitrogens with zero attached hydrogens (tertiary/aromatic N) is 1. The maximum atomic E-state index is 12.2. The summed E-state index contributed by atoms with van der Waals surface area (Å²) in [5.74, 6) is 0.468. The number of aromatic hydroxyl groups is 1. The molecule has 1 aliphatic heterocycles. The van der Waals surface area contributed by atoms with Crippen molar-refractivity contribution in [1.29, 1.82) is 0 Å². The van der Waals surface area contributed by atoms with Crippen molar-refractivity contribution in [2.45, 2.75) is 39.0 Å². The van der Waals surface area contributed by atoms with Crippen molar-refractivity contribution in [3.8, 4) is 5.75 Å². The molecule has 0 spiro atoms. The monoisotopic (exact) mass is 297 g/mol. The number of carbonyl (C=O) groups is 1. The van der Waals surface area contributed by atoms with Crippen LogP contribution in [0, 0.1) is 0 Å². The summed E-state index contributed by atoms with van der Waals surface area (Å²) < 4.78 is 0. The molecule has 1 saturated heterocycles. The van der Waals surface area contributed by atoms with Crippen LogP contribution in [-0.2, 0) is 6.42 Å². The lowest BCUT2D eigenvalue weighted by molar-refractivity contribution is 0.0958. The van der Waals surface area contributed by atoms with Gasteiger partial charge in [0.25, 0.3) is 0 Å². The Morgan fingerprint density at radius 3 is 2.60 bits per heavy atom. The number of hydrogen-bond donors (Lipinski definition) is 1. The average Bonchev–Trinajstić information content (AvgIpc) is 2.46. The van der Waals surface area contributed by atoms with Gasteiger partial charge in [-0.3, -0.25) is 4.79 Å². The SMILES string of the molecule is CCc1cc(C(=O)CCN2CCCCC2)ccc1O.Cl. The fourth-order valence-corrected chi connectivity index (χ4v) is 2.63. The van der Waals surface area contributed by atoms with Crippen LogP contribution in [-0.4, -0.2) is 35.4 Å². The summed E-state index contributed by atoms with van der Waals surface area (Å²) in [6.45, 7) is 5.10. The van der Waals surface area contributed by atoms with Gasteiger partial charge < -0.3 is 10.0 Å². The standard InChI is InChI=1S/C16H23NO2.ClH/c1-2-13-12-14(6-7-15(13)18)16(19)8-11-17-9-4-3-5-10-17;/h6-7,12,18H,2-5,8-11H2,1H3;1H. The van der Waals surface area contributed by atoms with Gasteiger partial charge >= 0.3 is 0 Å². The van der Waals surface area contributed by atoms with Gasteiger partial charge in [0.2, 0.25) is 0 Å². The summed E-state index contributed by atoms with van der Waals surface area (Å²) in [6.07, 6.45) is 5.16. The first kappa shape index (κ1) is 17.0. The number of hydrogen-bond acceptors (Lipinski definition) is 3. The van der Waals surface area contributed by atoms with Crippen LogP contribution in [0.1, 0.15) is 48.5 Å². The summed E-state index contributed by atoms with van der Waals surface area (Å²) in [6, 6.07) is 5.19. The second-order valence-electron chi connectivity index (χ2n) is 5.27. The number of carbonyl (C=O) groups excluding carboxylic acids is 1. The third kappa shape index (κ3) is 4.50. The summed E-state index contributed by atoms with van der Waals surface area (Å²) in [4.78, 5) is 14.5. The number of phenolic OH excluding ortho intramolecular Hbond substituents is 1. The Labute approximate surface area is 127 Å². The van der Waals surface area contributed by atoms with Crippen LogP contribution in [0.3, 0.4) is 0 Å². The predicted molar refractivity (Wildman–Crippen MR) is 84.0 cm³/mol. The minimum atomic E-state index is 0. The van der Waals surface area contributed by atoms with Gasteiger partial charge in [-0.25, -0.2) is 0 Å². The van der Waals surface area contributed by atoms with Crippen LogP contribution >= 0.6 is 12.4 Å². The van der Waals surface area contributed by atoms with Crippen molar-refractivity contribution in [2.75, 3.05) is 19.6 Å². The largest absolute Gasteiger partial charge is 0.508 e. The van der Waals surface area contributed by atoms with Gasteiger partial charge in [-0.1, -0.05) is 13.3 Å². The topological polar surface area (TPSA) is 40.5 Å². The van der Waals surface area contributed by atoms with E-state index in [2.05, 4.69) is 4.90 Å². The number of ketones is 1. The lowest BCUT2D eigenvalue weighted by atomic mass is 10.0. The van der Waals surface area contributed by atoms with Crippen LogP contribution in [0.15, 0.2) is 18.2 Å². The Hall–Kier alpha value is -1.06. The second kappa shape index (κ2) is 8.28. The molecule has 1 N–H and O–H groups in total. The molecular weight excluding hydrogens is 274 g/mol. The first-order valence-electron chi connectivity index (χ1n) is 7.28. The minimum Gasteiger partial charge on any atom is -0.508 e. The van der Waals surface area contributed by atoms with Gasteiger partial charge in [-0.15, -0.1) is 12.4 Å². The zero-order valence-corrected chi connectivity index (χ0v) is 12.9. The summed E-state index contributed by atoms with van der Waals surface area (Å²) in [5, 5.41) is 9.63. The zero-order valence-electron chi connectivity index (χ0n) is 12.1. The molecule has 0 saturated carbocycles. The molecule has 2 rings (SSSR count). The quantitative estimate of drug-likeness (QED) is 0.847. The Morgan fingerprint density at radius 2 is 1.95 bits per heavy atom. The van der Waals surface area contributed by atoms with E-state index in [0.717, 1.165) is 37.2 Å². The molecule has 0 aromatic heterocycles. The number of likely N-dealkylation sites (tertiary alicyclic amines) is 1. The van der Waals surface area contributed by atoms with Gasteiger partial charge in [0.15, 0.2) is 5.78 Å². The molecule has 0 aliphatic carbocycles. The van der Waals surface area contributed by atoms with Gasteiger partial charge in [0, 0.05) is 18.5 Å². The molecule has 0 atom stereocenters. The predicted octanol–water partition coefficient (Wildman–Crippen LogP) is 3.44. The van der Waals surface area contributed by atoms with E-state index >= 15 is 0 Å². The number of halogens is 1. The zero-order chi connectivity index (χ0) is 13.7. The molecule has 0 amide bonds. The maximum Gasteiger partial charge on any atom is 0.164 e. The molecule has 4 heteroatoms. The number of phenols is 1. The lowest BCUT2D eigenvalue weighted by Gasteiger charge is -2.25. The minimum absolute atomic E-state index is 0. The molecule has 1 aliphatic rings. The third-order valence-electron chi connectivity index (χ3n) is 3.89. The van der Waals surface area contributed by atoms with Crippen molar-refractivity contribution >= 4 is 18.2 Å². The molecule has 20 heavy (non-hydrogen) atoms. The van der Waals surface area contributed by atoms with Crippen LogP contribution in [0.5, 0.6) is 5.75 Å². The Bertz CT molecular complexity index is 442. The highest BCUT2D eigenvalue weighted by Gasteiger charge is 2.13. The van der Waals surface area contributed by atoms with Crippen molar-refractivity contribution in [3.63, 3.8) is 0 Å². The number of Topliss-reactive ketones (excluding diaryl/α,β-unsaturated/α-hetero) is 1. The van der Waals surface area contributed by atoms with Crippen molar-refractivity contribution < 1.29 is 9.90 Å². The first-order valence-corrected chi connectivity index (χ1v) is 7.28. The molecule has 112 valence electrons. The Kier molecular flexibility index (Phi) is 7.03. The van der Waals surface area contributed by atoms with Crippen molar-refractivity contribution in [2.24, 2.45) is 0 Å².